The van der Waals surface area contributed by atoms with Gasteiger partial charge in [0.25, 0.3) is 5.91 Å². The third-order valence-electron chi connectivity index (χ3n) is 6.40. The van der Waals surface area contributed by atoms with Crippen LogP contribution in [0, 0.1) is 5.82 Å². The topological polar surface area (TPSA) is 132 Å². The molecule has 0 saturated carbocycles. The van der Waals surface area contributed by atoms with Crippen LogP contribution in [0.15, 0.2) is 42.6 Å². The molecule has 0 unspecified atom stereocenters. The first-order valence-electron chi connectivity index (χ1n) is 11.7. The largest absolute Gasteiger partial charge is 0.482 e. The normalized spacial score (nSPS) is 17.1. The van der Waals surface area contributed by atoms with Crippen molar-refractivity contribution in [1.82, 2.24) is 9.47 Å². The van der Waals surface area contributed by atoms with Gasteiger partial charge in [0.15, 0.2) is 12.4 Å². The number of Topliss-reactive ketones (excluding diaryl/α,β-unsaturated/α-hetero) is 1. The minimum atomic E-state index is -1.41. The maximum atomic E-state index is 14.4. The van der Waals surface area contributed by atoms with Crippen molar-refractivity contribution in [2.75, 3.05) is 13.2 Å². The van der Waals surface area contributed by atoms with E-state index in [2.05, 4.69) is 0 Å². The number of rotatable bonds is 10. The number of amides is 2. The Morgan fingerprint density at radius 2 is 1.95 bits per heavy atom. The lowest BCUT2D eigenvalue weighted by atomic mass is 10.0. The number of halogens is 3. The average molecular weight is 548 g/mol. The highest BCUT2D eigenvalue weighted by molar-refractivity contribution is 6.30. The lowest BCUT2D eigenvalue weighted by Gasteiger charge is -2.24. The zero-order chi connectivity index (χ0) is 27.6. The highest BCUT2D eigenvalue weighted by atomic mass is 35.5. The molecule has 12 heteroatoms. The number of ketones is 1. The monoisotopic (exact) mass is 547 g/mol. The van der Waals surface area contributed by atoms with E-state index in [1.807, 2.05) is 0 Å². The van der Waals surface area contributed by atoms with Crippen molar-refractivity contribution in [2.45, 2.75) is 38.0 Å². The van der Waals surface area contributed by atoms with E-state index < -0.39 is 48.2 Å². The second kappa shape index (κ2) is 11.2. The number of ether oxygens (including phenoxy) is 1. The third kappa shape index (κ3) is 5.77. The van der Waals surface area contributed by atoms with E-state index in [9.17, 15) is 28.0 Å². The lowest BCUT2D eigenvalue weighted by molar-refractivity contribution is -0.139. The van der Waals surface area contributed by atoms with Crippen molar-refractivity contribution in [3.05, 3.63) is 64.6 Å². The maximum Gasteiger partial charge on any atom is 0.341 e. The molecule has 38 heavy (non-hydrogen) atoms. The van der Waals surface area contributed by atoms with Gasteiger partial charge >= 0.3 is 5.97 Å². The predicted molar refractivity (Wildman–Crippen MR) is 133 cm³/mol. The number of aliphatic carboxylic acids is 1. The number of carbonyl (C=O) groups excluding carboxylic acids is 3. The molecule has 4 rings (SSSR count). The Balaban J connectivity index is 1.53. The molecule has 1 aromatic heterocycles. The average Bonchev–Trinajstić information content (AvgIpc) is 3.44. The molecule has 0 radical (unpaired) electrons. The van der Waals surface area contributed by atoms with E-state index in [1.165, 1.54) is 41.1 Å². The molecule has 1 aliphatic heterocycles. The second-order valence-electron chi connectivity index (χ2n) is 8.97. The van der Waals surface area contributed by atoms with Crippen molar-refractivity contribution < 1.29 is 37.8 Å². The van der Waals surface area contributed by atoms with E-state index in [-0.39, 0.29) is 54.3 Å². The first-order valence-corrected chi connectivity index (χ1v) is 12.1. The van der Waals surface area contributed by atoms with Crippen LogP contribution >= 0.6 is 11.6 Å². The fraction of sp³-hybridized carbons (Fsp3) is 0.308. The van der Waals surface area contributed by atoms with Gasteiger partial charge in [-0.25, -0.2) is 13.6 Å². The third-order valence-corrected chi connectivity index (χ3v) is 6.69. The Kier molecular flexibility index (Phi) is 7.96. The number of carboxylic acid groups (broad SMARTS) is 1. The van der Waals surface area contributed by atoms with Gasteiger partial charge in [-0.1, -0.05) is 23.7 Å². The van der Waals surface area contributed by atoms with Crippen molar-refractivity contribution in [3.8, 4) is 5.75 Å². The van der Waals surface area contributed by atoms with Crippen LogP contribution in [0.1, 0.15) is 28.8 Å². The molecule has 3 aromatic rings. The maximum absolute atomic E-state index is 14.4. The molecule has 0 spiro atoms. The van der Waals surface area contributed by atoms with Gasteiger partial charge < -0.3 is 25.0 Å². The fourth-order valence-corrected chi connectivity index (χ4v) is 4.80. The number of alkyl halides is 1. The summed E-state index contributed by atoms with van der Waals surface area (Å²) in [5, 5.41) is 9.20. The number of nitrogens with zero attached hydrogens (tertiary/aromatic N) is 2. The number of likely N-dealkylation sites (tertiary alicyclic amines) is 1. The van der Waals surface area contributed by atoms with Crippen molar-refractivity contribution in [3.63, 3.8) is 0 Å². The van der Waals surface area contributed by atoms with Crippen LogP contribution < -0.4 is 10.5 Å². The molecule has 1 saturated heterocycles. The number of hydrogen-bond donors (Lipinski definition) is 2. The molecule has 0 bridgehead atoms. The Labute approximate surface area is 220 Å². The number of nitrogens with two attached hydrogens (primary N) is 1. The Morgan fingerprint density at radius 1 is 1.18 bits per heavy atom. The van der Waals surface area contributed by atoms with E-state index in [0.717, 1.165) is 4.90 Å². The zero-order valence-electron chi connectivity index (χ0n) is 20.0. The predicted octanol–water partition coefficient (Wildman–Crippen LogP) is 3.14. The van der Waals surface area contributed by atoms with Gasteiger partial charge in [0.1, 0.15) is 24.3 Å². The first-order chi connectivity index (χ1) is 18.0. The second-order valence-corrected chi connectivity index (χ2v) is 9.38. The quantitative estimate of drug-likeness (QED) is 0.401. The smallest absolute Gasteiger partial charge is 0.341 e. The summed E-state index contributed by atoms with van der Waals surface area (Å²) in [6.07, 6.45) is -0.276. The summed E-state index contributed by atoms with van der Waals surface area (Å²) in [5.41, 5.74) is 6.22. The molecular weight excluding hydrogens is 524 g/mol. The minimum absolute atomic E-state index is 0.0457. The van der Waals surface area contributed by atoms with Gasteiger partial charge in [-0.15, -0.1) is 0 Å². The van der Waals surface area contributed by atoms with Crippen molar-refractivity contribution >= 4 is 46.1 Å². The van der Waals surface area contributed by atoms with Gasteiger partial charge in [-0.3, -0.25) is 14.4 Å². The van der Waals surface area contributed by atoms with E-state index >= 15 is 0 Å². The lowest BCUT2D eigenvalue weighted by Crippen LogP contribution is -2.42. The summed E-state index contributed by atoms with van der Waals surface area (Å²) in [5.74, 6) is -3.33. The molecule has 2 aromatic carbocycles. The fourth-order valence-electron chi connectivity index (χ4n) is 4.60. The Morgan fingerprint density at radius 3 is 2.66 bits per heavy atom. The van der Waals surface area contributed by atoms with Crippen LogP contribution in [0.3, 0.4) is 0 Å². The van der Waals surface area contributed by atoms with Gasteiger partial charge in [0, 0.05) is 30.5 Å². The van der Waals surface area contributed by atoms with Crippen LogP contribution in [0.25, 0.3) is 10.9 Å². The SMILES string of the molecule is NC(=O)c1cn(CC(=O)N2C[C@H](F)C[C@H]2C(=O)CCc2cccc(Cl)c2F)c2cc(OCC(=O)O)ccc12. The van der Waals surface area contributed by atoms with Crippen LogP contribution in [0.2, 0.25) is 5.02 Å². The van der Waals surface area contributed by atoms with Crippen LogP contribution in [-0.4, -0.2) is 63.5 Å². The summed E-state index contributed by atoms with van der Waals surface area (Å²) in [4.78, 5) is 50.2. The molecule has 2 atom stereocenters. The number of primary amides is 1. The van der Waals surface area contributed by atoms with Gasteiger partial charge in [0.05, 0.1) is 28.7 Å². The summed E-state index contributed by atoms with van der Waals surface area (Å²) >= 11 is 5.79. The molecular formula is C26H24ClF2N3O6. The summed E-state index contributed by atoms with van der Waals surface area (Å²) in [7, 11) is 0. The first kappa shape index (κ1) is 27.1. The molecule has 9 nitrogen and oxygen atoms in total. The number of aromatic nitrogens is 1. The van der Waals surface area contributed by atoms with Gasteiger partial charge in [0.2, 0.25) is 5.91 Å². The number of benzene rings is 2. The number of fused-ring (bicyclic) bond motifs is 1. The van der Waals surface area contributed by atoms with Crippen LogP contribution in [-0.2, 0) is 27.3 Å². The van der Waals surface area contributed by atoms with Gasteiger partial charge in [-0.2, -0.15) is 0 Å². The van der Waals surface area contributed by atoms with E-state index in [0.29, 0.717) is 10.9 Å². The van der Waals surface area contributed by atoms with Crippen LogP contribution in [0.4, 0.5) is 8.78 Å². The number of aryl methyl sites for hydroxylation is 1. The number of carbonyl (C=O) groups is 4. The van der Waals surface area contributed by atoms with E-state index in [1.54, 1.807) is 6.07 Å². The standard InChI is InChI=1S/C26H24ClF2N3O6/c27-19-3-1-2-14(25(19)29)4-7-22(33)21-8-15(28)10-32(21)23(34)12-31-11-18(26(30)37)17-6-5-16(9-20(17)31)38-13-24(35)36/h1-3,5-6,9,11,15,21H,4,7-8,10,12-13H2,(H2,30,37)(H,35,36)/t15-,21+/m1/s1. The summed E-state index contributed by atoms with van der Waals surface area (Å²) in [6.45, 7) is -1.22. The summed E-state index contributed by atoms with van der Waals surface area (Å²) in [6, 6.07) is 7.88. The van der Waals surface area contributed by atoms with Gasteiger partial charge in [-0.05, 0) is 30.2 Å². The molecule has 1 aliphatic rings. The highest BCUT2D eigenvalue weighted by Gasteiger charge is 2.39. The van der Waals surface area contributed by atoms with Crippen molar-refractivity contribution in [2.24, 2.45) is 5.73 Å². The zero-order valence-corrected chi connectivity index (χ0v) is 20.8. The highest BCUT2D eigenvalue weighted by Crippen LogP contribution is 2.28. The molecule has 2 heterocycles. The van der Waals surface area contributed by atoms with Crippen LogP contribution in [0.5, 0.6) is 5.75 Å². The van der Waals surface area contributed by atoms with Crippen molar-refractivity contribution in [1.29, 1.82) is 0 Å². The molecule has 3 N–H and O–H groups in total. The molecule has 1 fully saturated rings. The number of carboxylic acids is 1. The molecule has 0 aliphatic carbocycles. The van der Waals surface area contributed by atoms with E-state index in [4.69, 9.17) is 27.2 Å². The number of hydrogen-bond acceptors (Lipinski definition) is 5. The Bertz CT molecular complexity index is 1430. The minimum Gasteiger partial charge on any atom is -0.482 e. The molecule has 200 valence electrons. The molecule has 2 amide bonds. The Hall–Kier alpha value is -3.99. The summed E-state index contributed by atoms with van der Waals surface area (Å²) < 4.78 is 35.2.